The summed E-state index contributed by atoms with van der Waals surface area (Å²) < 4.78 is 2.26. The number of aromatic nitrogens is 2. The maximum atomic E-state index is 4.62. The van der Waals surface area contributed by atoms with Crippen LogP contribution in [0.25, 0.3) is 11.0 Å². The van der Waals surface area contributed by atoms with Gasteiger partial charge in [-0.25, -0.2) is 4.98 Å². The van der Waals surface area contributed by atoms with Crippen LogP contribution in [0.1, 0.15) is 29.9 Å². The van der Waals surface area contributed by atoms with Gasteiger partial charge in [0.25, 0.3) is 0 Å². The van der Waals surface area contributed by atoms with Crippen LogP contribution >= 0.6 is 11.3 Å². The van der Waals surface area contributed by atoms with Crippen LogP contribution in [-0.2, 0) is 6.54 Å². The molecular formula is C17H19N3S. The molecule has 3 nitrogen and oxygen atoms in total. The van der Waals surface area contributed by atoms with Gasteiger partial charge in [-0.2, -0.15) is 11.3 Å². The van der Waals surface area contributed by atoms with Gasteiger partial charge in [0.15, 0.2) is 0 Å². The van der Waals surface area contributed by atoms with Gasteiger partial charge in [-0.05, 0) is 65.4 Å². The molecule has 0 spiro atoms. The van der Waals surface area contributed by atoms with E-state index in [0.29, 0.717) is 5.92 Å². The van der Waals surface area contributed by atoms with Crippen LogP contribution in [0.15, 0.2) is 41.4 Å². The lowest BCUT2D eigenvalue weighted by atomic mass is 9.90. The number of piperidine rings is 1. The standard InChI is InChI=1S/C17H19N3S/c1-2-14(10-18-6-1)15-3-7-19-17-16(15)4-8-20(17)11-13-5-9-21-12-13/h3-5,7-9,12,14,18H,1-2,6,10-11H2. The molecule has 108 valence electrons. The van der Waals surface area contributed by atoms with E-state index in [0.717, 1.165) is 25.3 Å². The SMILES string of the molecule is c1cc(C2CCCNC2)c2ccn(Cc3ccsc3)c2n1. The monoisotopic (exact) mass is 297 g/mol. The zero-order chi connectivity index (χ0) is 14.1. The van der Waals surface area contributed by atoms with E-state index in [2.05, 4.69) is 50.0 Å². The van der Waals surface area contributed by atoms with Gasteiger partial charge in [0, 0.05) is 30.9 Å². The number of fused-ring (bicyclic) bond motifs is 1. The van der Waals surface area contributed by atoms with Gasteiger partial charge < -0.3 is 9.88 Å². The van der Waals surface area contributed by atoms with Gasteiger partial charge in [-0.15, -0.1) is 0 Å². The molecule has 3 aromatic rings. The first-order valence-corrected chi connectivity index (χ1v) is 8.51. The second-order valence-electron chi connectivity index (χ2n) is 5.76. The van der Waals surface area contributed by atoms with Crippen molar-refractivity contribution < 1.29 is 0 Å². The van der Waals surface area contributed by atoms with Crippen molar-refractivity contribution in [1.29, 1.82) is 0 Å². The van der Waals surface area contributed by atoms with Gasteiger partial charge in [-0.3, -0.25) is 0 Å². The summed E-state index contributed by atoms with van der Waals surface area (Å²) in [6, 6.07) is 6.62. The predicted octanol–water partition coefficient (Wildman–Crippen LogP) is 3.61. The number of thiophene rings is 1. The van der Waals surface area contributed by atoms with Crippen LogP contribution in [0.2, 0.25) is 0 Å². The van der Waals surface area contributed by atoms with Crippen molar-refractivity contribution in [2.45, 2.75) is 25.3 Å². The Morgan fingerprint density at radius 3 is 3.14 bits per heavy atom. The van der Waals surface area contributed by atoms with Crippen LogP contribution in [-0.4, -0.2) is 22.6 Å². The average Bonchev–Trinajstić information content (AvgIpc) is 3.19. The van der Waals surface area contributed by atoms with Crippen molar-refractivity contribution in [2.75, 3.05) is 13.1 Å². The van der Waals surface area contributed by atoms with E-state index >= 15 is 0 Å². The van der Waals surface area contributed by atoms with Gasteiger partial charge in [0.1, 0.15) is 5.65 Å². The molecule has 1 unspecified atom stereocenters. The van der Waals surface area contributed by atoms with Crippen molar-refractivity contribution in [3.63, 3.8) is 0 Å². The summed E-state index contributed by atoms with van der Waals surface area (Å²) in [7, 11) is 0. The lowest BCUT2D eigenvalue weighted by molar-refractivity contribution is 0.463. The van der Waals surface area contributed by atoms with E-state index in [4.69, 9.17) is 0 Å². The molecular weight excluding hydrogens is 278 g/mol. The zero-order valence-corrected chi connectivity index (χ0v) is 12.8. The molecule has 4 rings (SSSR count). The van der Waals surface area contributed by atoms with Gasteiger partial charge >= 0.3 is 0 Å². The highest BCUT2D eigenvalue weighted by Gasteiger charge is 2.18. The molecule has 0 aliphatic carbocycles. The fourth-order valence-electron chi connectivity index (χ4n) is 3.29. The van der Waals surface area contributed by atoms with E-state index in [1.807, 2.05) is 6.20 Å². The summed E-state index contributed by atoms with van der Waals surface area (Å²) in [6.07, 6.45) is 6.69. The Hall–Kier alpha value is -1.65. The highest BCUT2D eigenvalue weighted by atomic mass is 32.1. The lowest BCUT2D eigenvalue weighted by Crippen LogP contribution is -2.28. The van der Waals surface area contributed by atoms with E-state index in [1.165, 1.54) is 29.4 Å². The number of hydrogen-bond donors (Lipinski definition) is 1. The smallest absolute Gasteiger partial charge is 0.140 e. The minimum absolute atomic E-state index is 0.626. The summed E-state index contributed by atoms with van der Waals surface area (Å²) in [5.41, 5.74) is 3.92. The van der Waals surface area contributed by atoms with E-state index < -0.39 is 0 Å². The average molecular weight is 297 g/mol. The Balaban J connectivity index is 1.71. The highest BCUT2D eigenvalue weighted by Crippen LogP contribution is 2.29. The van der Waals surface area contributed by atoms with Gasteiger partial charge in [0.05, 0.1) is 0 Å². The number of nitrogens with one attached hydrogen (secondary N) is 1. The molecule has 0 aromatic carbocycles. The molecule has 1 atom stereocenters. The zero-order valence-electron chi connectivity index (χ0n) is 12.0. The van der Waals surface area contributed by atoms with Crippen molar-refractivity contribution >= 4 is 22.4 Å². The lowest BCUT2D eigenvalue weighted by Gasteiger charge is -2.23. The first kappa shape index (κ1) is 13.0. The Labute approximate surface area is 128 Å². The molecule has 1 N–H and O–H groups in total. The molecule has 1 aliphatic rings. The molecule has 1 saturated heterocycles. The second kappa shape index (κ2) is 5.62. The number of pyridine rings is 1. The van der Waals surface area contributed by atoms with E-state index in [9.17, 15) is 0 Å². The molecule has 21 heavy (non-hydrogen) atoms. The molecule has 3 aromatic heterocycles. The molecule has 0 amide bonds. The Bertz CT molecular complexity index is 724. The van der Waals surface area contributed by atoms with Crippen molar-refractivity contribution in [1.82, 2.24) is 14.9 Å². The normalized spacial score (nSPS) is 19.1. The van der Waals surface area contributed by atoms with E-state index in [-0.39, 0.29) is 0 Å². The van der Waals surface area contributed by atoms with Crippen molar-refractivity contribution in [3.05, 3.63) is 52.5 Å². The van der Waals surface area contributed by atoms with Crippen LogP contribution in [0.5, 0.6) is 0 Å². The summed E-state index contributed by atoms with van der Waals surface area (Å²) in [4.78, 5) is 4.62. The van der Waals surface area contributed by atoms with Gasteiger partial charge in [0.2, 0.25) is 0 Å². The molecule has 1 aliphatic heterocycles. The number of rotatable bonds is 3. The first-order valence-electron chi connectivity index (χ1n) is 7.57. The summed E-state index contributed by atoms with van der Waals surface area (Å²) in [5, 5.41) is 9.18. The quantitative estimate of drug-likeness (QED) is 0.800. The summed E-state index contributed by atoms with van der Waals surface area (Å²) in [5.74, 6) is 0.626. The molecule has 0 bridgehead atoms. The number of nitrogens with zero attached hydrogens (tertiary/aromatic N) is 2. The fraction of sp³-hybridized carbons (Fsp3) is 0.353. The third-order valence-electron chi connectivity index (χ3n) is 4.37. The van der Waals surface area contributed by atoms with Crippen LogP contribution in [0.3, 0.4) is 0 Å². The maximum Gasteiger partial charge on any atom is 0.140 e. The van der Waals surface area contributed by atoms with Crippen molar-refractivity contribution in [2.24, 2.45) is 0 Å². The Kier molecular flexibility index (Phi) is 3.49. The van der Waals surface area contributed by atoms with Crippen LogP contribution in [0, 0.1) is 0 Å². The molecule has 0 saturated carbocycles. The largest absolute Gasteiger partial charge is 0.328 e. The summed E-state index contributed by atoms with van der Waals surface area (Å²) in [6.45, 7) is 3.16. The second-order valence-corrected chi connectivity index (χ2v) is 6.54. The highest BCUT2D eigenvalue weighted by molar-refractivity contribution is 7.07. The molecule has 1 fully saturated rings. The Morgan fingerprint density at radius 1 is 1.33 bits per heavy atom. The van der Waals surface area contributed by atoms with Crippen molar-refractivity contribution in [3.8, 4) is 0 Å². The minimum Gasteiger partial charge on any atom is -0.328 e. The van der Waals surface area contributed by atoms with Gasteiger partial charge in [-0.1, -0.05) is 0 Å². The molecule has 4 heterocycles. The Morgan fingerprint density at radius 2 is 2.33 bits per heavy atom. The minimum atomic E-state index is 0.626. The van der Waals surface area contributed by atoms with E-state index in [1.54, 1.807) is 11.3 Å². The predicted molar refractivity (Wildman–Crippen MR) is 88.0 cm³/mol. The van der Waals surface area contributed by atoms with Crippen LogP contribution in [0.4, 0.5) is 0 Å². The first-order chi connectivity index (χ1) is 10.4. The van der Waals surface area contributed by atoms with Crippen LogP contribution < -0.4 is 5.32 Å². The maximum absolute atomic E-state index is 4.62. The molecule has 0 radical (unpaired) electrons. The summed E-state index contributed by atoms with van der Waals surface area (Å²) >= 11 is 1.75. The third kappa shape index (κ3) is 2.49. The fourth-order valence-corrected chi connectivity index (χ4v) is 3.95. The number of hydrogen-bond acceptors (Lipinski definition) is 3. The third-order valence-corrected chi connectivity index (χ3v) is 5.10. The molecule has 4 heteroatoms. The topological polar surface area (TPSA) is 29.9 Å².